The van der Waals surface area contributed by atoms with Gasteiger partial charge in [0.15, 0.2) is 0 Å². The summed E-state index contributed by atoms with van der Waals surface area (Å²) in [6, 6.07) is 37.3. The standard InChI is InChI=1S/C39H34N3O6P/c43-37(28-18-20-42(21-19-28)38(44)32-17-16-26-8-1-2-10-29(26)22-32)40-35-23-30-11-3-4-12-31(30)24-36(35)41-39(45)48-49(46,47)25-33-14-7-13-27-9-5-6-15-34(27)33/h1-17,22-24,28H,18-21,25H2,(H,40,43)(H,41,45)(H,46,47). The number of nitrogens with zero attached hydrogens (tertiary/aromatic N) is 1. The summed E-state index contributed by atoms with van der Waals surface area (Å²) in [7, 11) is -4.40. The number of fused-ring (bicyclic) bond motifs is 3. The lowest BCUT2D eigenvalue weighted by Gasteiger charge is -2.31. The molecule has 6 aromatic carbocycles. The second kappa shape index (κ2) is 13.5. The molecular weight excluding hydrogens is 637 g/mol. The molecule has 0 aromatic heterocycles. The van der Waals surface area contributed by atoms with Crippen LogP contribution in [0, 0.1) is 5.92 Å². The number of rotatable bonds is 7. The lowest BCUT2D eigenvalue weighted by molar-refractivity contribution is -0.121. The van der Waals surface area contributed by atoms with Crippen molar-refractivity contribution in [3.63, 3.8) is 0 Å². The van der Waals surface area contributed by atoms with E-state index in [1.54, 1.807) is 29.2 Å². The van der Waals surface area contributed by atoms with Crippen LogP contribution in [-0.2, 0) is 20.0 Å². The minimum absolute atomic E-state index is 0.0641. The predicted molar refractivity (Wildman–Crippen MR) is 193 cm³/mol. The fourth-order valence-electron chi connectivity index (χ4n) is 6.47. The first-order valence-corrected chi connectivity index (χ1v) is 17.9. The van der Waals surface area contributed by atoms with Gasteiger partial charge in [-0.3, -0.25) is 14.9 Å². The van der Waals surface area contributed by atoms with E-state index in [9.17, 15) is 23.8 Å². The van der Waals surface area contributed by atoms with Crippen LogP contribution in [0.3, 0.4) is 0 Å². The topological polar surface area (TPSA) is 125 Å². The van der Waals surface area contributed by atoms with E-state index in [2.05, 4.69) is 10.6 Å². The summed E-state index contributed by atoms with van der Waals surface area (Å²) in [5.74, 6) is -0.663. The first kappa shape index (κ1) is 32.1. The number of carbonyl (C=O) groups excluding carboxylic acids is 3. The monoisotopic (exact) mass is 671 g/mol. The summed E-state index contributed by atoms with van der Waals surface area (Å²) < 4.78 is 18.2. The van der Waals surface area contributed by atoms with Crippen molar-refractivity contribution in [3.05, 3.63) is 132 Å². The molecule has 3 N–H and O–H groups in total. The van der Waals surface area contributed by atoms with Crippen LogP contribution in [0.2, 0.25) is 0 Å². The van der Waals surface area contributed by atoms with Crippen LogP contribution in [0.1, 0.15) is 28.8 Å². The molecule has 1 aliphatic rings. The molecule has 1 atom stereocenters. The highest BCUT2D eigenvalue weighted by atomic mass is 31.2. The summed E-state index contributed by atoms with van der Waals surface area (Å²) >= 11 is 0. The Bertz CT molecular complexity index is 2280. The van der Waals surface area contributed by atoms with Crippen LogP contribution in [-0.4, -0.2) is 40.8 Å². The van der Waals surface area contributed by atoms with Crippen molar-refractivity contribution >= 4 is 69.2 Å². The van der Waals surface area contributed by atoms with Crippen molar-refractivity contribution < 1.29 is 28.4 Å². The highest BCUT2D eigenvalue weighted by Crippen LogP contribution is 2.47. The molecule has 0 saturated carbocycles. The van der Waals surface area contributed by atoms with Gasteiger partial charge in [0, 0.05) is 24.6 Å². The van der Waals surface area contributed by atoms with Crippen LogP contribution in [0.25, 0.3) is 32.3 Å². The van der Waals surface area contributed by atoms with Crippen LogP contribution in [0.5, 0.6) is 0 Å². The van der Waals surface area contributed by atoms with Gasteiger partial charge in [0.05, 0.1) is 17.5 Å². The van der Waals surface area contributed by atoms with Gasteiger partial charge in [-0.05, 0) is 75.0 Å². The maximum Gasteiger partial charge on any atom is 0.418 e. The summed E-state index contributed by atoms with van der Waals surface area (Å²) in [5, 5.41) is 10.9. The highest BCUT2D eigenvalue weighted by molar-refractivity contribution is 7.52. The molecule has 1 heterocycles. The molecule has 1 fully saturated rings. The Hall–Kier alpha value is -5.50. The van der Waals surface area contributed by atoms with E-state index in [1.807, 2.05) is 97.1 Å². The summed E-state index contributed by atoms with van der Waals surface area (Å²) in [6.45, 7) is 0.864. The molecule has 3 amide bonds. The number of likely N-dealkylation sites (tertiary alicyclic amines) is 1. The molecule has 9 nitrogen and oxygen atoms in total. The lowest BCUT2D eigenvalue weighted by atomic mass is 9.95. The van der Waals surface area contributed by atoms with Gasteiger partial charge in [-0.2, -0.15) is 0 Å². The van der Waals surface area contributed by atoms with Gasteiger partial charge >= 0.3 is 13.7 Å². The third kappa shape index (κ3) is 7.18. The number of nitrogens with one attached hydrogen (secondary N) is 2. The van der Waals surface area contributed by atoms with Gasteiger partial charge in [0.2, 0.25) is 5.91 Å². The Kier molecular flexibility index (Phi) is 8.87. The zero-order valence-corrected chi connectivity index (χ0v) is 27.4. The van der Waals surface area contributed by atoms with Gasteiger partial charge in [-0.25, -0.2) is 9.36 Å². The molecule has 0 spiro atoms. The third-order valence-electron chi connectivity index (χ3n) is 9.01. The number of hydrogen-bond donors (Lipinski definition) is 3. The summed E-state index contributed by atoms with van der Waals surface area (Å²) in [4.78, 5) is 52.3. The number of hydrogen-bond acceptors (Lipinski definition) is 5. The van der Waals surface area contributed by atoms with Gasteiger partial charge in [-0.1, -0.05) is 97.1 Å². The first-order valence-electron chi connectivity index (χ1n) is 16.1. The molecule has 6 aromatic rings. The molecule has 246 valence electrons. The normalized spacial score (nSPS) is 14.8. The Labute approximate surface area is 283 Å². The highest BCUT2D eigenvalue weighted by Gasteiger charge is 2.30. The smallest absolute Gasteiger partial charge is 0.374 e. The molecule has 0 bridgehead atoms. The first-order chi connectivity index (χ1) is 23.7. The van der Waals surface area contributed by atoms with E-state index in [-0.39, 0.29) is 29.6 Å². The van der Waals surface area contributed by atoms with Crippen LogP contribution < -0.4 is 10.6 Å². The molecule has 10 heteroatoms. The minimum atomic E-state index is -4.40. The number of amides is 3. The van der Waals surface area contributed by atoms with Crippen LogP contribution >= 0.6 is 7.60 Å². The fraction of sp³-hybridized carbons (Fsp3) is 0.154. The fourth-order valence-corrected chi connectivity index (χ4v) is 7.55. The van der Waals surface area contributed by atoms with Crippen LogP contribution in [0.4, 0.5) is 16.2 Å². The maximum absolute atomic E-state index is 13.5. The molecule has 0 aliphatic carbocycles. The van der Waals surface area contributed by atoms with Crippen molar-refractivity contribution in [1.29, 1.82) is 0 Å². The average molecular weight is 672 g/mol. The molecule has 7 rings (SSSR count). The van der Waals surface area contributed by atoms with Crippen LogP contribution in [0.15, 0.2) is 121 Å². The van der Waals surface area contributed by atoms with Crippen molar-refractivity contribution in [2.45, 2.75) is 19.0 Å². The Morgan fingerprint density at radius 3 is 1.96 bits per heavy atom. The van der Waals surface area contributed by atoms with Gasteiger partial charge in [0.25, 0.3) is 5.91 Å². The maximum atomic E-state index is 13.5. The Morgan fingerprint density at radius 1 is 0.694 bits per heavy atom. The van der Waals surface area contributed by atoms with E-state index in [1.165, 1.54) is 0 Å². The second-order valence-electron chi connectivity index (χ2n) is 12.3. The number of benzene rings is 6. The van der Waals surface area contributed by atoms with Crippen molar-refractivity contribution in [1.82, 2.24) is 4.90 Å². The Balaban J connectivity index is 1.02. The zero-order chi connectivity index (χ0) is 34.0. The molecule has 49 heavy (non-hydrogen) atoms. The lowest BCUT2D eigenvalue weighted by Crippen LogP contribution is -2.41. The molecule has 1 saturated heterocycles. The largest absolute Gasteiger partial charge is 0.418 e. The average Bonchev–Trinajstić information content (AvgIpc) is 3.11. The van der Waals surface area contributed by atoms with Crippen molar-refractivity contribution in [2.75, 3.05) is 23.7 Å². The van der Waals surface area contributed by atoms with E-state index in [4.69, 9.17) is 4.52 Å². The number of carbonyl (C=O) groups is 3. The van der Waals surface area contributed by atoms with Gasteiger partial charge in [-0.15, -0.1) is 0 Å². The van der Waals surface area contributed by atoms with Gasteiger partial charge in [0.1, 0.15) is 0 Å². The second-order valence-corrected chi connectivity index (χ2v) is 14.1. The van der Waals surface area contributed by atoms with E-state index < -0.39 is 13.7 Å². The van der Waals surface area contributed by atoms with Crippen molar-refractivity contribution in [3.8, 4) is 0 Å². The SMILES string of the molecule is O=C(Nc1cc2ccccc2cc1NC(=O)C1CCN(C(=O)c2ccc3ccccc3c2)CC1)OP(=O)(O)Cc1cccc2ccccc12. The number of piperidine rings is 1. The number of anilines is 2. The minimum Gasteiger partial charge on any atom is -0.374 e. The Morgan fingerprint density at radius 2 is 1.27 bits per heavy atom. The van der Waals surface area contributed by atoms with E-state index in [0.717, 1.165) is 32.3 Å². The molecule has 1 unspecified atom stereocenters. The predicted octanol–water partition coefficient (Wildman–Crippen LogP) is 8.57. The molecular formula is C39H34N3O6P. The molecule has 1 aliphatic heterocycles. The summed E-state index contributed by atoms with van der Waals surface area (Å²) in [6.07, 6.45) is -0.514. The third-order valence-corrected chi connectivity index (χ3v) is 10.2. The van der Waals surface area contributed by atoms with E-state index >= 15 is 0 Å². The van der Waals surface area contributed by atoms with Crippen molar-refractivity contribution in [2.24, 2.45) is 5.92 Å². The molecule has 0 radical (unpaired) electrons. The van der Waals surface area contributed by atoms with Gasteiger partial charge < -0.3 is 19.6 Å². The summed E-state index contributed by atoms with van der Waals surface area (Å²) in [5.41, 5.74) is 1.76. The van der Waals surface area contributed by atoms with E-state index in [0.29, 0.717) is 42.7 Å². The zero-order valence-electron chi connectivity index (χ0n) is 26.5. The quantitative estimate of drug-likeness (QED) is 0.146.